The lowest BCUT2D eigenvalue weighted by Gasteiger charge is -2.04. The first-order valence-corrected chi connectivity index (χ1v) is 7.11. The number of rotatable bonds is 3. The Morgan fingerprint density at radius 1 is 1.32 bits per heavy atom. The predicted molar refractivity (Wildman–Crippen MR) is 83.8 cm³/mol. The van der Waals surface area contributed by atoms with Gasteiger partial charge in [0.2, 0.25) is 5.95 Å². The van der Waals surface area contributed by atoms with Gasteiger partial charge in [-0.05, 0) is 46.9 Å². The van der Waals surface area contributed by atoms with E-state index in [1.807, 2.05) is 34.6 Å². The fourth-order valence-corrected chi connectivity index (χ4v) is 2.65. The van der Waals surface area contributed by atoms with Crippen molar-refractivity contribution in [1.82, 2.24) is 19.3 Å². The van der Waals surface area contributed by atoms with Crippen LogP contribution in [-0.4, -0.2) is 19.3 Å². The van der Waals surface area contributed by atoms with Crippen LogP contribution in [0.3, 0.4) is 0 Å². The number of benzene rings is 1. The molecule has 1 aromatic carbocycles. The van der Waals surface area contributed by atoms with Crippen LogP contribution < -0.4 is 5.73 Å². The molecule has 0 radical (unpaired) electrons. The maximum absolute atomic E-state index is 6.00. The maximum atomic E-state index is 6.00. The average Bonchev–Trinajstić information content (AvgIpc) is 2.89. The summed E-state index contributed by atoms with van der Waals surface area (Å²) in [6.45, 7) is 0.792. The largest absolute Gasteiger partial charge is 0.369 e. The van der Waals surface area contributed by atoms with Crippen molar-refractivity contribution in [2.45, 2.75) is 13.0 Å². The molecule has 5 nitrogen and oxygen atoms in total. The summed E-state index contributed by atoms with van der Waals surface area (Å²) >= 11 is 2.28. The van der Waals surface area contributed by atoms with Crippen molar-refractivity contribution in [1.29, 1.82) is 0 Å². The minimum atomic E-state index is 0.563. The van der Waals surface area contributed by atoms with Gasteiger partial charge in [-0.1, -0.05) is 0 Å². The highest BCUT2D eigenvalue weighted by Crippen LogP contribution is 2.20. The van der Waals surface area contributed by atoms with Crippen LogP contribution in [0, 0.1) is 3.57 Å². The zero-order valence-electron chi connectivity index (χ0n) is 10.5. The summed E-state index contributed by atoms with van der Waals surface area (Å²) in [5.41, 5.74) is 9.09. The summed E-state index contributed by atoms with van der Waals surface area (Å²) in [6.07, 6.45) is 2.80. The fraction of sp³-hybridized carbons (Fsp3) is 0.231. The predicted octanol–water partition coefficient (Wildman–Crippen LogP) is 2.20. The molecule has 0 fully saturated rings. The highest BCUT2D eigenvalue weighted by Gasteiger charge is 2.09. The van der Waals surface area contributed by atoms with Gasteiger partial charge in [-0.2, -0.15) is 5.10 Å². The number of aromatic nitrogens is 4. The first kappa shape index (κ1) is 12.5. The summed E-state index contributed by atoms with van der Waals surface area (Å²) in [7, 11) is 1.92. The Balaban J connectivity index is 1.90. The number of hydrogen-bond donors (Lipinski definition) is 1. The van der Waals surface area contributed by atoms with Crippen molar-refractivity contribution < 1.29 is 0 Å². The number of nitrogens with zero attached hydrogens (tertiary/aromatic N) is 4. The molecule has 0 unspecified atom stereocenters. The Labute approximate surface area is 124 Å². The molecule has 0 spiro atoms. The Hall–Kier alpha value is -1.57. The monoisotopic (exact) mass is 367 g/mol. The average molecular weight is 367 g/mol. The van der Waals surface area contributed by atoms with Crippen molar-refractivity contribution >= 4 is 39.6 Å². The summed E-state index contributed by atoms with van der Waals surface area (Å²) in [4.78, 5) is 4.40. The molecule has 6 heteroatoms. The van der Waals surface area contributed by atoms with E-state index < -0.39 is 0 Å². The van der Waals surface area contributed by atoms with Crippen molar-refractivity contribution in [3.05, 3.63) is 39.7 Å². The number of nitrogens with two attached hydrogens (primary N) is 1. The number of fused-ring (bicyclic) bond motifs is 1. The van der Waals surface area contributed by atoms with Crippen LogP contribution in [0.5, 0.6) is 0 Å². The number of nitrogen functional groups attached to an aromatic ring is 1. The van der Waals surface area contributed by atoms with Crippen molar-refractivity contribution in [3.63, 3.8) is 0 Å². The number of anilines is 1. The second-order valence-corrected chi connectivity index (χ2v) is 5.73. The van der Waals surface area contributed by atoms with Gasteiger partial charge >= 0.3 is 0 Å². The molecule has 19 heavy (non-hydrogen) atoms. The van der Waals surface area contributed by atoms with E-state index in [-0.39, 0.29) is 0 Å². The van der Waals surface area contributed by atoms with Crippen molar-refractivity contribution in [2.24, 2.45) is 7.05 Å². The van der Waals surface area contributed by atoms with Crippen LogP contribution in [0.25, 0.3) is 11.0 Å². The Kier molecular flexibility index (Phi) is 3.17. The molecular formula is C13H14IN5. The standard InChI is InChI=1S/C13H14IN5/c1-18-6-4-10(17-18)5-7-19-12-3-2-9(14)8-11(12)16-13(19)15/h2-4,6,8H,5,7H2,1H3,(H2,15,16). The van der Waals surface area contributed by atoms with Gasteiger partial charge in [0.25, 0.3) is 0 Å². The molecule has 0 amide bonds. The molecule has 3 rings (SSSR count). The molecule has 0 saturated carbocycles. The smallest absolute Gasteiger partial charge is 0.201 e. The van der Waals surface area contributed by atoms with E-state index in [1.165, 1.54) is 3.57 Å². The van der Waals surface area contributed by atoms with Gasteiger partial charge in [0.15, 0.2) is 0 Å². The molecule has 0 bridgehead atoms. The van der Waals surface area contributed by atoms with Crippen LogP contribution in [0.15, 0.2) is 30.5 Å². The fourth-order valence-electron chi connectivity index (χ4n) is 2.18. The topological polar surface area (TPSA) is 61.7 Å². The molecule has 0 aliphatic carbocycles. The highest BCUT2D eigenvalue weighted by atomic mass is 127. The summed E-state index contributed by atoms with van der Waals surface area (Å²) in [6, 6.07) is 8.21. The maximum Gasteiger partial charge on any atom is 0.201 e. The van der Waals surface area contributed by atoms with Crippen LogP contribution in [-0.2, 0) is 20.0 Å². The van der Waals surface area contributed by atoms with Gasteiger partial charge < -0.3 is 10.3 Å². The van der Waals surface area contributed by atoms with Gasteiger partial charge in [-0.25, -0.2) is 4.98 Å². The summed E-state index contributed by atoms with van der Waals surface area (Å²) in [5.74, 6) is 0.563. The third kappa shape index (κ3) is 2.44. The first-order chi connectivity index (χ1) is 9.13. The lowest BCUT2D eigenvalue weighted by atomic mass is 10.3. The van der Waals surface area contributed by atoms with E-state index >= 15 is 0 Å². The van der Waals surface area contributed by atoms with E-state index in [0.717, 1.165) is 29.7 Å². The molecule has 2 aromatic heterocycles. The zero-order valence-corrected chi connectivity index (χ0v) is 12.7. The molecule has 0 aliphatic rings. The lowest BCUT2D eigenvalue weighted by Crippen LogP contribution is -2.06. The minimum Gasteiger partial charge on any atom is -0.369 e. The molecule has 2 heterocycles. The van der Waals surface area contributed by atoms with Crippen LogP contribution in [0.2, 0.25) is 0 Å². The third-order valence-corrected chi connectivity index (χ3v) is 3.77. The van der Waals surface area contributed by atoms with Crippen LogP contribution >= 0.6 is 22.6 Å². The third-order valence-electron chi connectivity index (χ3n) is 3.10. The van der Waals surface area contributed by atoms with Crippen molar-refractivity contribution in [2.75, 3.05) is 5.73 Å². The second-order valence-electron chi connectivity index (χ2n) is 4.49. The number of imidazole rings is 1. The van der Waals surface area contributed by atoms with Crippen LogP contribution in [0.1, 0.15) is 5.69 Å². The van der Waals surface area contributed by atoms with Gasteiger partial charge in [0.05, 0.1) is 16.7 Å². The molecule has 0 atom stereocenters. The minimum absolute atomic E-state index is 0.563. The Morgan fingerprint density at radius 3 is 2.89 bits per heavy atom. The van der Waals surface area contributed by atoms with Gasteiger partial charge in [-0.3, -0.25) is 4.68 Å². The van der Waals surface area contributed by atoms with E-state index in [2.05, 4.69) is 44.8 Å². The molecule has 98 valence electrons. The highest BCUT2D eigenvalue weighted by molar-refractivity contribution is 14.1. The van der Waals surface area contributed by atoms with E-state index in [9.17, 15) is 0 Å². The van der Waals surface area contributed by atoms with E-state index in [1.54, 1.807) is 0 Å². The van der Waals surface area contributed by atoms with Gasteiger partial charge in [0, 0.05) is 29.8 Å². The quantitative estimate of drug-likeness (QED) is 0.722. The Bertz CT molecular complexity index is 728. The molecule has 3 aromatic rings. The van der Waals surface area contributed by atoms with E-state index in [0.29, 0.717) is 5.95 Å². The lowest BCUT2D eigenvalue weighted by molar-refractivity contribution is 0.683. The normalized spacial score (nSPS) is 11.3. The van der Waals surface area contributed by atoms with Gasteiger partial charge in [0.1, 0.15) is 0 Å². The SMILES string of the molecule is Cn1ccc(CCn2c(N)nc3cc(I)ccc32)n1. The van der Waals surface area contributed by atoms with Gasteiger partial charge in [-0.15, -0.1) is 0 Å². The number of halogens is 1. The summed E-state index contributed by atoms with van der Waals surface area (Å²) < 4.78 is 5.02. The first-order valence-electron chi connectivity index (χ1n) is 6.03. The van der Waals surface area contributed by atoms with E-state index in [4.69, 9.17) is 5.73 Å². The van der Waals surface area contributed by atoms with Crippen molar-refractivity contribution in [3.8, 4) is 0 Å². The number of hydrogen-bond acceptors (Lipinski definition) is 3. The van der Waals surface area contributed by atoms with Crippen LogP contribution in [0.4, 0.5) is 5.95 Å². The molecule has 0 saturated heterocycles. The Morgan fingerprint density at radius 2 is 2.16 bits per heavy atom. The number of aryl methyl sites for hydroxylation is 3. The second kappa shape index (κ2) is 4.84. The zero-order chi connectivity index (χ0) is 13.4. The molecular weight excluding hydrogens is 353 g/mol. The molecule has 2 N–H and O–H groups in total. The summed E-state index contributed by atoms with van der Waals surface area (Å²) in [5, 5.41) is 4.37. The molecule has 0 aliphatic heterocycles.